The van der Waals surface area contributed by atoms with Crippen LogP contribution in [-0.4, -0.2) is 50.4 Å². The third-order valence-corrected chi connectivity index (χ3v) is 6.39. The lowest BCUT2D eigenvalue weighted by molar-refractivity contribution is -0.125. The molecule has 0 spiro atoms. The van der Waals surface area contributed by atoms with Crippen molar-refractivity contribution >= 4 is 17.7 Å². The van der Waals surface area contributed by atoms with Crippen LogP contribution in [0.2, 0.25) is 0 Å². The number of ketones is 1. The van der Waals surface area contributed by atoms with Crippen LogP contribution in [0.4, 0.5) is 0 Å². The van der Waals surface area contributed by atoms with Crippen LogP contribution in [0.25, 0.3) is 0 Å². The molecular formula is C28H26O8. The molecule has 0 saturated carbocycles. The van der Waals surface area contributed by atoms with E-state index in [2.05, 4.69) is 0 Å². The van der Waals surface area contributed by atoms with Gasteiger partial charge in [0.2, 0.25) is 0 Å². The van der Waals surface area contributed by atoms with Crippen molar-refractivity contribution in [1.29, 1.82) is 0 Å². The first-order valence-electron chi connectivity index (χ1n) is 11.3. The van der Waals surface area contributed by atoms with Gasteiger partial charge >= 0.3 is 11.9 Å². The van der Waals surface area contributed by atoms with Crippen molar-refractivity contribution in [3.8, 4) is 5.75 Å². The molecule has 1 fully saturated rings. The number of rotatable bonds is 7. The molecule has 0 unspecified atom stereocenters. The maximum absolute atomic E-state index is 14.2. The summed E-state index contributed by atoms with van der Waals surface area (Å²) in [6, 6.07) is 20.0. The number of methoxy groups -OCH3 is 3. The maximum Gasteiger partial charge on any atom is 0.341 e. The number of hydrogen-bond acceptors (Lipinski definition) is 8. The number of carbonyl (C=O) groups is 3. The van der Waals surface area contributed by atoms with Crippen molar-refractivity contribution in [2.75, 3.05) is 21.3 Å². The van der Waals surface area contributed by atoms with E-state index < -0.39 is 35.5 Å². The zero-order valence-electron chi connectivity index (χ0n) is 20.1. The van der Waals surface area contributed by atoms with Gasteiger partial charge in [-0.3, -0.25) is 4.79 Å². The molecule has 0 amide bonds. The van der Waals surface area contributed by atoms with E-state index >= 15 is 0 Å². The highest BCUT2D eigenvalue weighted by atomic mass is 16.6. The second kappa shape index (κ2) is 10.3. The Labute approximate surface area is 208 Å². The number of hydrogen-bond donors (Lipinski definition) is 1. The van der Waals surface area contributed by atoms with Crippen LogP contribution in [-0.2, 0) is 19.8 Å². The Morgan fingerprint density at radius 3 is 2.11 bits per heavy atom. The minimum absolute atomic E-state index is 0.164. The minimum Gasteiger partial charge on any atom is -0.496 e. The average molecular weight is 491 g/mol. The number of carbonyl (C=O) groups excluding carboxylic acids is 3. The lowest BCUT2D eigenvalue weighted by Crippen LogP contribution is -2.41. The lowest BCUT2D eigenvalue weighted by Gasteiger charge is -2.34. The van der Waals surface area contributed by atoms with Crippen molar-refractivity contribution in [2.24, 2.45) is 0 Å². The predicted octanol–water partition coefficient (Wildman–Crippen LogP) is 3.87. The zero-order valence-corrected chi connectivity index (χ0v) is 20.1. The molecule has 1 heterocycles. The van der Waals surface area contributed by atoms with Crippen LogP contribution >= 0.6 is 0 Å². The van der Waals surface area contributed by atoms with Gasteiger partial charge in [-0.15, -0.1) is 0 Å². The maximum atomic E-state index is 14.2. The van der Waals surface area contributed by atoms with Gasteiger partial charge in [0.25, 0.3) is 0 Å². The van der Waals surface area contributed by atoms with Crippen LogP contribution < -0.4 is 4.74 Å². The molecule has 1 saturated heterocycles. The quantitative estimate of drug-likeness (QED) is 0.393. The number of esters is 2. The molecule has 0 radical (unpaired) electrons. The van der Waals surface area contributed by atoms with E-state index in [1.54, 1.807) is 12.1 Å². The minimum atomic E-state index is -1.64. The molecule has 3 atom stereocenters. The molecule has 1 aliphatic heterocycles. The molecule has 8 heteroatoms. The SMILES string of the molecule is COC(=O)c1ccc(C(=O)[C@@]2(c3ccc(C(=O)OC)c(OC)c3)O[C@H](O)C[C@H]2c2ccccc2)cc1. The molecule has 8 nitrogen and oxygen atoms in total. The third-order valence-electron chi connectivity index (χ3n) is 6.39. The van der Waals surface area contributed by atoms with Crippen LogP contribution in [0, 0.1) is 0 Å². The second-order valence-corrected chi connectivity index (χ2v) is 8.31. The fourth-order valence-electron chi connectivity index (χ4n) is 4.67. The van der Waals surface area contributed by atoms with Gasteiger partial charge in [-0.25, -0.2) is 9.59 Å². The molecule has 0 aromatic heterocycles. The van der Waals surface area contributed by atoms with E-state index in [4.69, 9.17) is 18.9 Å². The Balaban J connectivity index is 1.91. The smallest absolute Gasteiger partial charge is 0.341 e. The largest absolute Gasteiger partial charge is 0.496 e. The molecule has 36 heavy (non-hydrogen) atoms. The normalized spacial score (nSPS) is 21.0. The number of aliphatic hydroxyl groups excluding tert-OH is 1. The third kappa shape index (κ3) is 4.36. The summed E-state index contributed by atoms with van der Waals surface area (Å²) in [5, 5.41) is 10.7. The molecular weight excluding hydrogens is 464 g/mol. The summed E-state index contributed by atoms with van der Waals surface area (Å²) in [5.74, 6) is -1.90. The zero-order chi connectivity index (χ0) is 25.9. The highest BCUT2D eigenvalue weighted by Gasteiger charge is 2.56. The highest BCUT2D eigenvalue weighted by Crippen LogP contribution is 2.52. The van der Waals surface area contributed by atoms with E-state index in [-0.39, 0.29) is 23.3 Å². The Kier molecular flexibility index (Phi) is 7.19. The Morgan fingerprint density at radius 2 is 1.50 bits per heavy atom. The standard InChI is InChI=1S/C28H26O8/c1-33-23-15-20(13-14-21(23)27(32)35-3)28(22(16-24(29)36-28)17-7-5-4-6-8-17)25(30)18-9-11-19(12-10-18)26(31)34-2/h4-15,22,24,29H,16H2,1-3H3/t22-,24-,28-/m0/s1. The summed E-state index contributed by atoms with van der Waals surface area (Å²) in [4.78, 5) is 38.4. The van der Waals surface area contributed by atoms with E-state index in [0.717, 1.165) is 5.56 Å². The van der Waals surface area contributed by atoms with Crippen LogP contribution in [0.1, 0.15) is 54.5 Å². The summed E-state index contributed by atoms with van der Waals surface area (Å²) < 4.78 is 21.1. The predicted molar refractivity (Wildman–Crippen MR) is 129 cm³/mol. The molecule has 0 aliphatic carbocycles. The van der Waals surface area contributed by atoms with Gasteiger partial charge in [-0.2, -0.15) is 0 Å². The monoisotopic (exact) mass is 490 g/mol. The number of benzene rings is 3. The van der Waals surface area contributed by atoms with Gasteiger partial charge in [-0.1, -0.05) is 48.5 Å². The molecule has 186 valence electrons. The van der Waals surface area contributed by atoms with Gasteiger partial charge in [0, 0.05) is 17.9 Å². The lowest BCUT2D eigenvalue weighted by atomic mass is 9.73. The summed E-state index contributed by atoms with van der Waals surface area (Å²) in [5.41, 5.74) is 0.302. The highest BCUT2D eigenvalue weighted by molar-refractivity contribution is 6.05. The van der Waals surface area contributed by atoms with Gasteiger partial charge in [0.1, 0.15) is 11.3 Å². The Morgan fingerprint density at radius 1 is 0.861 bits per heavy atom. The van der Waals surface area contributed by atoms with Crippen LogP contribution in [0.15, 0.2) is 72.8 Å². The van der Waals surface area contributed by atoms with Gasteiger partial charge in [-0.05, 0) is 35.4 Å². The number of aliphatic hydroxyl groups is 1. The van der Waals surface area contributed by atoms with Gasteiger partial charge in [0.15, 0.2) is 17.7 Å². The van der Waals surface area contributed by atoms with E-state index in [0.29, 0.717) is 11.1 Å². The summed E-state index contributed by atoms with van der Waals surface area (Å²) in [7, 11) is 3.95. The molecule has 1 aliphatic rings. The fourth-order valence-corrected chi connectivity index (χ4v) is 4.67. The van der Waals surface area contributed by atoms with Crippen molar-refractivity contribution in [1.82, 2.24) is 0 Å². The first-order chi connectivity index (χ1) is 17.3. The van der Waals surface area contributed by atoms with E-state index in [9.17, 15) is 19.5 Å². The number of Topliss-reactive ketones (excluding diaryl/α,β-unsaturated/α-hetero) is 1. The number of ether oxygens (including phenoxy) is 4. The van der Waals surface area contributed by atoms with Crippen molar-refractivity contribution in [2.45, 2.75) is 24.2 Å². The topological polar surface area (TPSA) is 108 Å². The van der Waals surface area contributed by atoms with Crippen molar-refractivity contribution in [3.63, 3.8) is 0 Å². The molecule has 4 rings (SSSR count). The second-order valence-electron chi connectivity index (χ2n) is 8.31. The average Bonchev–Trinajstić information content (AvgIpc) is 3.29. The van der Waals surface area contributed by atoms with E-state index in [1.807, 2.05) is 30.3 Å². The first-order valence-corrected chi connectivity index (χ1v) is 11.3. The molecule has 3 aromatic rings. The van der Waals surface area contributed by atoms with E-state index in [1.165, 1.54) is 51.7 Å². The molecule has 1 N–H and O–H groups in total. The summed E-state index contributed by atoms with van der Waals surface area (Å²) in [6.45, 7) is 0. The van der Waals surface area contributed by atoms with Crippen LogP contribution in [0.3, 0.4) is 0 Å². The van der Waals surface area contributed by atoms with Crippen molar-refractivity contribution < 1.29 is 38.4 Å². The molecule has 0 bridgehead atoms. The fraction of sp³-hybridized carbons (Fsp3) is 0.250. The van der Waals surface area contributed by atoms with Crippen molar-refractivity contribution in [3.05, 3.63) is 101 Å². The summed E-state index contributed by atoms with van der Waals surface area (Å²) in [6.07, 6.45) is -1.06. The van der Waals surface area contributed by atoms with Gasteiger partial charge < -0.3 is 24.1 Å². The van der Waals surface area contributed by atoms with Crippen LogP contribution in [0.5, 0.6) is 5.75 Å². The molecule has 3 aromatic carbocycles. The summed E-state index contributed by atoms with van der Waals surface area (Å²) >= 11 is 0. The van der Waals surface area contributed by atoms with Gasteiger partial charge in [0.05, 0.1) is 26.9 Å². The first kappa shape index (κ1) is 25.1. The Hall–Kier alpha value is -4.01. The Bertz CT molecular complexity index is 1270.